The van der Waals surface area contributed by atoms with Crippen molar-refractivity contribution in [3.8, 4) is 6.07 Å². The van der Waals surface area contributed by atoms with Crippen molar-refractivity contribution in [2.75, 3.05) is 17.5 Å². The predicted molar refractivity (Wildman–Crippen MR) is 128 cm³/mol. The molecule has 0 bridgehead atoms. The highest BCUT2D eigenvalue weighted by Gasteiger charge is 2.17. The summed E-state index contributed by atoms with van der Waals surface area (Å²) in [7, 11) is 0. The molecule has 0 aliphatic heterocycles. The number of carbonyl (C=O) groups is 2. The van der Waals surface area contributed by atoms with Crippen molar-refractivity contribution >= 4 is 28.8 Å². The highest BCUT2D eigenvalue weighted by atomic mass is 16.5. The number of esters is 1. The van der Waals surface area contributed by atoms with E-state index in [1.807, 2.05) is 30.3 Å². The zero-order valence-electron chi connectivity index (χ0n) is 18.2. The largest absolute Gasteiger partial charge is 0.462 e. The van der Waals surface area contributed by atoms with Gasteiger partial charge in [-0.2, -0.15) is 5.26 Å². The highest BCUT2D eigenvalue weighted by molar-refractivity contribution is 6.17. The fourth-order valence-corrected chi connectivity index (χ4v) is 3.08. The number of anilines is 2. The zero-order valence-corrected chi connectivity index (χ0v) is 18.2. The van der Waals surface area contributed by atoms with Gasteiger partial charge in [0.1, 0.15) is 6.07 Å². The van der Waals surface area contributed by atoms with Crippen LogP contribution in [0.4, 0.5) is 11.4 Å². The summed E-state index contributed by atoms with van der Waals surface area (Å²) in [6.07, 6.45) is 0. The molecule has 0 spiro atoms. The number of nitrogens with one attached hydrogen (secondary N) is 3. The second-order valence-electron chi connectivity index (χ2n) is 7.03. The fourth-order valence-electron chi connectivity index (χ4n) is 3.08. The Morgan fingerprint density at radius 3 is 2.36 bits per heavy atom. The highest BCUT2D eigenvalue weighted by Crippen LogP contribution is 2.27. The molecule has 0 aromatic heterocycles. The molecule has 3 rings (SSSR count). The van der Waals surface area contributed by atoms with Crippen LogP contribution in [0.3, 0.4) is 0 Å². The number of nitrogens with zero attached hydrogens (tertiary/aromatic N) is 1. The first kappa shape index (κ1) is 23.1. The quantitative estimate of drug-likeness (QED) is 0.257. The summed E-state index contributed by atoms with van der Waals surface area (Å²) in [6.45, 7) is 6.19. The lowest BCUT2D eigenvalue weighted by Crippen LogP contribution is -2.22. The Balaban J connectivity index is 1.67. The van der Waals surface area contributed by atoms with E-state index in [2.05, 4.69) is 28.8 Å². The molecule has 0 heterocycles. The molecule has 166 valence electrons. The summed E-state index contributed by atoms with van der Waals surface area (Å²) >= 11 is 0. The zero-order chi connectivity index (χ0) is 23.6. The van der Waals surface area contributed by atoms with Crippen molar-refractivity contribution in [1.29, 1.82) is 5.26 Å². The van der Waals surface area contributed by atoms with Crippen LogP contribution in [-0.2, 0) is 16.1 Å². The lowest BCUT2D eigenvalue weighted by atomic mass is 10.0. The molecule has 7 heteroatoms. The monoisotopic (exact) mass is 440 g/mol. The summed E-state index contributed by atoms with van der Waals surface area (Å²) in [5.41, 5.74) is 9.52. The van der Waals surface area contributed by atoms with Crippen LogP contribution >= 0.6 is 0 Å². The van der Waals surface area contributed by atoms with Crippen LogP contribution in [0, 0.1) is 11.3 Å². The molecule has 3 N–H and O–H groups in total. The average Bonchev–Trinajstić information content (AvgIpc) is 2.86. The van der Waals surface area contributed by atoms with E-state index < -0.39 is 5.97 Å². The minimum absolute atomic E-state index is 0.142. The molecule has 3 aromatic rings. The second kappa shape index (κ2) is 11.2. The van der Waals surface area contributed by atoms with Crippen molar-refractivity contribution in [2.24, 2.45) is 0 Å². The van der Waals surface area contributed by atoms with Gasteiger partial charge < -0.3 is 15.5 Å². The van der Waals surface area contributed by atoms with Gasteiger partial charge in [-0.25, -0.2) is 4.79 Å². The third-order valence-corrected chi connectivity index (χ3v) is 4.81. The van der Waals surface area contributed by atoms with Crippen molar-refractivity contribution in [2.45, 2.75) is 13.5 Å². The predicted octanol–water partition coefficient (Wildman–Crippen LogP) is 4.50. The SMILES string of the molecule is C=C(C(=O)OCC)c1cccc(C#N)c1NNc1ccc(C(=O)NCc2ccccc2)cc1. The van der Waals surface area contributed by atoms with Crippen LogP contribution < -0.4 is 16.2 Å². The summed E-state index contributed by atoms with van der Waals surface area (Å²) in [6, 6.07) is 23.6. The molecule has 0 unspecified atom stereocenters. The Morgan fingerprint density at radius 1 is 0.970 bits per heavy atom. The third kappa shape index (κ3) is 5.99. The number of nitriles is 1. The molecule has 33 heavy (non-hydrogen) atoms. The topological polar surface area (TPSA) is 103 Å². The molecule has 1 amide bonds. The number of hydrogen-bond donors (Lipinski definition) is 3. The van der Waals surface area contributed by atoms with Gasteiger partial charge in [-0.1, -0.05) is 49.0 Å². The summed E-state index contributed by atoms with van der Waals surface area (Å²) in [5.74, 6) is -0.734. The first-order chi connectivity index (χ1) is 16.0. The summed E-state index contributed by atoms with van der Waals surface area (Å²) < 4.78 is 5.03. The molecule has 0 aliphatic carbocycles. The Bertz CT molecular complexity index is 1180. The number of benzene rings is 3. The number of carbonyl (C=O) groups excluding carboxylic acids is 2. The van der Waals surface area contributed by atoms with Gasteiger partial charge in [-0.05, 0) is 42.8 Å². The fraction of sp³-hybridized carbons (Fsp3) is 0.115. The van der Waals surface area contributed by atoms with Gasteiger partial charge in [0.25, 0.3) is 5.91 Å². The molecule has 0 atom stereocenters. The van der Waals surface area contributed by atoms with Gasteiger partial charge in [-0.3, -0.25) is 10.2 Å². The van der Waals surface area contributed by atoms with E-state index in [4.69, 9.17) is 4.74 Å². The molecule has 3 aromatic carbocycles. The van der Waals surface area contributed by atoms with E-state index in [-0.39, 0.29) is 18.1 Å². The van der Waals surface area contributed by atoms with Crippen LogP contribution in [-0.4, -0.2) is 18.5 Å². The van der Waals surface area contributed by atoms with Crippen LogP contribution in [0.2, 0.25) is 0 Å². The first-order valence-electron chi connectivity index (χ1n) is 10.4. The van der Waals surface area contributed by atoms with Crippen molar-refractivity contribution in [1.82, 2.24) is 5.32 Å². The molecule has 0 aliphatic rings. The average molecular weight is 441 g/mol. The molecular weight excluding hydrogens is 416 g/mol. The van der Waals surface area contributed by atoms with E-state index >= 15 is 0 Å². The van der Waals surface area contributed by atoms with Crippen molar-refractivity contribution < 1.29 is 14.3 Å². The van der Waals surface area contributed by atoms with E-state index in [0.29, 0.717) is 34.6 Å². The minimum Gasteiger partial charge on any atom is -0.462 e. The maximum absolute atomic E-state index is 12.4. The van der Waals surface area contributed by atoms with E-state index in [1.165, 1.54) is 0 Å². The molecule has 0 fully saturated rings. The lowest BCUT2D eigenvalue weighted by Gasteiger charge is -2.16. The Morgan fingerprint density at radius 2 is 1.70 bits per heavy atom. The standard InChI is InChI=1S/C26H24N4O3/c1-3-33-26(32)18(2)23-11-7-10-21(16-27)24(23)30-29-22-14-12-20(13-15-22)25(31)28-17-19-8-5-4-6-9-19/h4-15,29-30H,2-3,17H2,1H3,(H,28,31). The Kier molecular flexibility index (Phi) is 7.81. The minimum atomic E-state index is -0.554. The molecule has 0 saturated carbocycles. The smallest absolute Gasteiger partial charge is 0.338 e. The summed E-state index contributed by atoms with van der Waals surface area (Å²) in [5, 5.41) is 12.4. The van der Waals surface area contributed by atoms with Gasteiger partial charge in [0.2, 0.25) is 0 Å². The Labute approximate surface area is 192 Å². The third-order valence-electron chi connectivity index (χ3n) is 4.81. The second-order valence-corrected chi connectivity index (χ2v) is 7.03. The van der Waals surface area contributed by atoms with Gasteiger partial charge in [0.05, 0.1) is 29.1 Å². The maximum Gasteiger partial charge on any atom is 0.338 e. The molecule has 0 saturated heterocycles. The summed E-state index contributed by atoms with van der Waals surface area (Å²) in [4.78, 5) is 24.5. The van der Waals surface area contributed by atoms with Crippen LogP contribution in [0.1, 0.15) is 34.0 Å². The van der Waals surface area contributed by atoms with Crippen LogP contribution in [0.5, 0.6) is 0 Å². The number of hydrogen-bond acceptors (Lipinski definition) is 6. The number of hydrazine groups is 1. The van der Waals surface area contributed by atoms with Gasteiger partial charge in [0, 0.05) is 17.7 Å². The van der Waals surface area contributed by atoms with Gasteiger partial charge >= 0.3 is 5.97 Å². The van der Waals surface area contributed by atoms with Crippen LogP contribution in [0.15, 0.2) is 79.4 Å². The number of amides is 1. The number of ether oxygens (including phenoxy) is 1. The number of para-hydroxylation sites is 1. The number of rotatable bonds is 9. The van der Waals surface area contributed by atoms with E-state index in [0.717, 1.165) is 5.56 Å². The lowest BCUT2D eigenvalue weighted by molar-refractivity contribution is -0.136. The molecule has 0 radical (unpaired) electrons. The van der Waals surface area contributed by atoms with E-state index in [1.54, 1.807) is 49.4 Å². The molecule has 7 nitrogen and oxygen atoms in total. The Hall–Kier alpha value is -4.57. The normalized spacial score (nSPS) is 9.94. The van der Waals surface area contributed by atoms with Gasteiger partial charge in [-0.15, -0.1) is 0 Å². The molecular formula is C26H24N4O3. The van der Waals surface area contributed by atoms with Crippen molar-refractivity contribution in [3.63, 3.8) is 0 Å². The maximum atomic E-state index is 12.4. The van der Waals surface area contributed by atoms with Crippen LogP contribution in [0.25, 0.3) is 5.57 Å². The van der Waals surface area contributed by atoms with Gasteiger partial charge in [0.15, 0.2) is 0 Å². The van der Waals surface area contributed by atoms with Crippen molar-refractivity contribution in [3.05, 3.63) is 102 Å². The van der Waals surface area contributed by atoms with E-state index in [9.17, 15) is 14.9 Å². The first-order valence-corrected chi connectivity index (χ1v) is 10.4.